The van der Waals surface area contributed by atoms with Gasteiger partial charge in [0.2, 0.25) is 0 Å². The molecular formula is C13H30O5SSi. The van der Waals surface area contributed by atoms with Crippen LogP contribution in [0.1, 0.15) is 33.6 Å². The van der Waals surface area contributed by atoms with Gasteiger partial charge in [0.1, 0.15) is 0 Å². The summed E-state index contributed by atoms with van der Waals surface area (Å²) in [5.41, 5.74) is -0.235. The Morgan fingerprint density at radius 1 is 0.900 bits per heavy atom. The Morgan fingerprint density at radius 3 is 1.95 bits per heavy atom. The maximum atomic E-state index is 5.38. The van der Waals surface area contributed by atoms with Crippen molar-refractivity contribution in [3.8, 4) is 0 Å². The van der Waals surface area contributed by atoms with Crippen molar-refractivity contribution in [1.82, 2.24) is 0 Å². The summed E-state index contributed by atoms with van der Waals surface area (Å²) in [5, 5.41) is 0. The van der Waals surface area contributed by atoms with Crippen LogP contribution in [0, 0.1) is 0 Å². The van der Waals surface area contributed by atoms with Crippen LogP contribution in [0.15, 0.2) is 0 Å². The number of hydrogen-bond donors (Lipinski definition) is 0. The molecule has 0 aromatic rings. The molecule has 122 valence electrons. The molecule has 0 saturated carbocycles. The first-order valence-electron chi connectivity index (χ1n) is 6.93. The van der Waals surface area contributed by atoms with Crippen molar-refractivity contribution in [1.29, 1.82) is 0 Å². The molecule has 0 unspecified atom stereocenters. The molecular weight excluding hydrogens is 296 g/mol. The quantitative estimate of drug-likeness (QED) is 0.238. The van der Waals surface area contributed by atoms with Crippen molar-refractivity contribution in [2.24, 2.45) is 0 Å². The highest BCUT2D eigenvalue weighted by Gasteiger charge is 2.36. The molecule has 0 fully saturated rings. The molecule has 5 nitrogen and oxygen atoms in total. The summed E-state index contributed by atoms with van der Waals surface area (Å²) < 4.78 is 16.1. The predicted octanol–water partition coefficient (Wildman–Crippen LogP) is 3.12. The second kappa shape index (κ2) is 11.0. The molecule has 0 atom stereocenters. The Bertz CT molecular complexity index is 223. The third-order valence-corrected chi connectivity index (χ3v) is 6.52. The van der Waals surface area contributed by atoms with Gasteiger partial charge in [0.25, 0.3) is 0 Å². The van der Waals surface area contributed by atoms with Crippen molar-refractivity contribution >= 4 is 20.6 Å². The smallest absolute Gasteiger partial charge is 0.377 e. The summed E-state index contributed by atoms with van der Waals surface area (Å²) in [7, 11) is 2.58. The van der Waals surface area contributed by atoms with Crippen LogP contribution in [0.5, 0.6) is 0 Å². The van der Waals surface area contributed by atoms with Gasteiger partial charge in [0, 0.05) is 27.4 Å². The van der Waals surface area contributed by atoms with Crippen LogP contribution in [-0.4, -0.2) is 53.8 Å². The Balaban J connectivity index is 3.45. The van der Waals surface area contributed by atoms with Crippen molar-refractivity contribution in [3.05, 3.63) is 0 Å². The maximum Gasteiger partial charge on any atom is 0.500 e. The zero-order valence-corrected chi connectivity index (χ0v) is 15.5. The third kappa shape index (κ3) is 10.1. The molecule has 0 aliphatic rings. The predicted molar refractivity (Wildman–Crippen MR) is 84.9 cm³/mol. The SMILES string of the molecule is CO[Si](CCCSCCCOOC(C)(C)C)(OC)OC. The maximum absolute atomic E-state index is 5.38. The lowest BCUT2D eigenvalue weighted by Gasteiger charge is -2.24. The molecule has 0 N–H and O–H groups in total. The fourth-order valence-electron chi connectivity index (χ4n) is 1.49. The van der Waals surface area contributed by atoms with E-state index in [2.05, 4.69) is 0 Å². The zero-order chi connectivity index (χ0) is 15.5. The van der Waals surface area contributed by atoms with Gasteiger partial charge in [-0.15, -0.1) is 0 Å². The summed E-state index contributed by atoms with van der Waals surface area (Å²) in [4.78, 5) is 10.3. The molecule has 0 bridgehead atoms. The number of rotatable bonds is 12. The van der Waals surface area contributed by atoms with Crippen LogP contribution >= 0.6 is 11.8 Å². The fourth-order valence-corrected chi connectivity index (χ4v) is 4.34. The zero-order valence-electron chi connectivity index (χ0n) is 13.7. The topological polar surface area (TPSA) is 46.2 Å². The number of hydrogen-bond acceptors (Lipinski definition) is 6. The lowest BCUT2D eigenvalue weighted by molar-refractivity contribution is -0.348. The minimum atomic E-state index is -2.38. The number of thioether (sulfide) groups is 1. The lowest BCUT2D eigenvalue weighted by Crippen LogP contribution is -2.42. The van der Waals surface area contributed by atoms with Gasteiger partial charge >= 0.3 is 8.80 Å². The Hall–Kier alpha value is 0.367. The molecule has 0 radical (unpaired) electrons. The van der Waals surface area contributed by atoms with Gasteiger partial charge in [-0.05, 0) is 45.1 Å². The lowest BCUT2D eigenvalue weighted by atomic mass is 10.2. The normalized spacial score (nSPS) is 12.9. The second-order valence-corrected chi connectivity index (χ2v) is 9.70. The van der Waals surface area contributed by atoms with Crippen molar-refractivity contribution in [3.63, 3.8) is 0 Å². The molecule has 0 aliphatic carbocycles. The van der Waals surface area contributed by atoms with Crippen molar-refractivity contribution in [2.45, 2.75) is 45.3 Å². The fraction of sp³-hybridized carbons (Fsp3) is 1.00. The molecule has 7 heteroatoms. The van der Waals surface area contributed by atoms with Crippen molar-refractivity contribution < 1.29 is 23.1 Å². The molecule has 0 rings (SSSR count). The highest BCUT2D eigenvalue weighted by Crippen LogP contribution is 2.17. The molecule has 0 aromatic heterocycles. The van der Waals surface area contributed by atoms with Gasteiger partial charge in [0.05, 0.1) is 12.2 Å². The van der Waals surface area contributed by atoms with E-state index in [0.717, 1.165) is 30.4 Å². The average molecular weight is 327 g/mol. The highest BCUT2D eigenvalue weighted by atomic mass is 32.2. The molecule has 0 spiro atoms. The Labute approximate surface area is 128 Å². The van der Waals surface area contributed by atoms with E-state index >= 15 is 0 Å². The van der Waals surface area contributed by atoms with Gasteiger partial charge in [-0.25, -0.2) is 9.78 Å². The first-order valence-corrected chi connectivity index (χ1v) is 10.0. The van der Waals surface area contributed by atoms with E-state index in [9.17, 15) is 0 Å². The van der Waals surface area contributed by atoms with Gasteiger partial charge in [-0.1, -0.05) is 0 Å². The Kier molecular flexibility index (Phi) is 11.2. The molecule has 0 aliphatic heterocycles. The molecule has 0 heterocycles. The van der Waals surface area contributed by atoms with Crippen LogP contribution in [0.4, 0.5) is 0 Å². The van der Waals surface area contributed by atoms with Crippen molar-refractivity contribution in [2.75, 3.05) is 39.4 Å². The van der Waals surface area contributed by atoms with Gasteiger partial charge in [-0.2, -0.15) is 11.8 Å². The third-order valence-electron chi connectivity index (χ3n) is 2.53. The van der Waals surface area contributed by atoms with Gasteiger partial charge in [-0.3, -0.25) is 0 Å². The standard InChI is InChI=1S/C13H30O5SSi/c1-13(2,3)18-17-9-7-10-19-11-8-12-20(14-4,15-5)16-6/h7-12H2,1-6H3. The minimum absolute atomic E-state index is 0.235. The van der Waals surface area contributed by atoms with E-state index in [1.165, 1.54) is 0 Å². The highest BCUT2D eigenvalue weighted by molar-refractivity contribution is 7.99. The van der Waals surface area contributed by atoms with Crippen LogP contribution in [0.3, 0.4) is 0 Å². The summed E-state index contributed by atoms with van der Waals surface area (Å²) in [6.07, 6.45) is 2.02. The van der Waals surface area contributed by atoms with Crippen LogP contribution in [0.2, 0.25) is 6.04 Å². The second-order valence-electron chi connectivity index (χ2n) is 5.38. The van der Waals surface area contributed by atoms with E-state index in [4.69, 9.17) is 23.1 Å². The van der Waals surface area contributed by atoms with E-state index in [1.807, 2.05) is 32.5 Å². The first-order chi connectivity index (χ1) is 9.39. The summed E-state index contributed by atoms with van der Waals surface area (Å²) in [5.74, 6) is 2.14. The van der Waals surface area contributed by atoms with E-state index in [-0.39, 0.29) is 5.60 Å². The van der Waals surface area contributed by atoms with Crippen LogP contribution < -0.4 is 0 Å². The van der Waals surface area contributed by atoms with Gasteiger partial charge < -0.3 is 13.3 Å². The summed E-state index contributed by atoms with van der Waals surface area (Å²) in [6.45, 7) is 6.55. The Morgan fingerprint density at radius 2 is 1.45 bits per heavy atom. The van der Waals surface area contributed by atoms with E-state index in [1.54, 1.807) is 21.3 Å². The largest absolute Gasteiger partial charge is 0.500 e. The van der Waals surface area contributed by atoms with E-state index < -0.39 is 8.80 Å². The summed E-state index contributed by atoms with van der Waals surface area (Å²) in [6, 6.07) is 0.854. The van der Waals surface area contributed by atoms with Gasteiger partial charge in [0.15, 0.2) is 0 Å². The average Bonchev–Trinajstić information content (AvgIpc) is 2.41. The van der Waals surface area contributed by atoms with Crippen LogP contribution in [0.25, 0.3) is 0 Å². The first kappa shape index (κ1) is 20.4. The van der Waals surface area contributed by atoms with Crippen LogP contribution in [-0.2, 0) is 23.1 Å². The molecule has 20 heavy (non-hydrogen) atoms. The summed E-state index contributed by atoms with van der Waals surface area (Å²) >= 11 is 1.90. The molecule has 0 aromatic carbocycles. The minimum Gasteiger partial charge on any atom is -0.377 e. The van der Waals surface area contributed by atoms with E-state index in [0.29, 0.717) is 6.61 Å². The molecule has 0 saturated heterocycles. The molecule has 0 amide bonds. The monoisotopic (exact) mass is 326 g/mol.